The molecule has 0 aromatic heterocycles. The second-order valence-electron chi connectivity index (χ2n) is 6.19. The quantitative estimate of drug-likeness (QED) is 0.797. The molecule has 0 heterocycles. The number of carbonyl (C=O) groups is 2. The highest BCUT2D eigenvalue weighted by Crippen LogP contribution is 2.38. The van der Waals surface area contributed by atoms with Crippen LogP contribution < -0.4 is 5.32 Å². The molecule has 0 spiro atoms. The summed E-state index contributed by atoms with van der Waals surface area (Å²) < 4.78 is 4.64. The van der Waals surface area contributed by atoms with Gasteiger partial charge in [-0.3, -0.25) is 4.79 Å². The number of hydrogen-bond acceptors (Lipinski definition) is 3. The van der Waals surface area contributed by atoms with E-state index in [1.165, 1.54) is 13.5 Å². The Labute approximate surface area is 116 Å². The van der Waals surface area contributed by atoms with Crippen molar-refractivity contribution in [3.63, 3.8) is 0 Å². The molecule has 1 N–H and O–H groups in total. The summed E-state index contributed by atoms with van der Waals surface area (Å²) in [4.78, 5) is 23.7. The highest BCUT2D eigenvalue weighted by Gasteiger charge is 2.36. The molecule has 19 heavy (non-hydrogen) atoms. The van der Waals surface area contributed by atoms with Gasteiger partial charge in [0.1, 0.15) is 6.04 Å². The van der Waals surface area contributed by atoms with E-state index in [-0.39, 0.29) is 11.8 Å². The van der Waals surface area contributed by atoms with Crippen LogP contribution in [0.4, 0.5) is 0 Å². The Morgan fingerprint density at radius 1 is 1.21 bits per heavy atom. The number of carbonyl (C=O) groups excluding carboxylic acids is 2. The fourth-order valence-electron chi connectivity index (χ4n) is 3.06. The van der Waals surface area contributed by atoms with Crippen LogP contribution in [0.1, 0.15) is 47.0 Å². The van der Waals surface area contributed by atoms with Gasteiger partial charge in [0.25, 0.3) is 0 Å². The number of amides is 1. The van der Waals surface area contributed by atoms with E-state index in [0.29, 0.717) is 17.8 Å². The van der Waals surface area contributed by atoms with Crippen molar-refractivity contribution in [1.29, 1.82) is 0 Å². The molecule has 0 radical (unpaired) electrons. The number of rotatable bonds is 4. The number of esters is 1. The van der Waals surface area contributed by atoms with Crippen molar-refractivity contribution in [2.75, 3.05) is 7.11 Å². The maximum atomic E-state index is 12.4. The SMILES string of the molecule is COC(=O)C(C)NC(=O)[C@@H]1C[C@H](C)CC[C@H]1C(C)C. The van der Waals surface area contributed by atoms with Crippen LogP contribution >= 0.6 is 0 Å². The van der Waals surface area contributed by atoms with E-state index in [4.69, 9.17) is 0 Å². The van der Waals surface area contributed by atoms with Crippen LogP contribution in [0.2, 0.25) is 0 Å². The molecule has 0 aromatic rings. The summed E-state index contributed by atoms with van der Waals surface area (Å²) in [7, 11) is 1.34. The van der Waals surface area contributed by atoms with Gasteiger partial charge in [0.15, 0.2) is 0 Å². The van der Waals surface area contributed by atoms with Crippen LogP contribution in [0, 0.1) is 23.7 Å². The van der Waals surface area contributed by atoms with Crippen molar-refractivity contribution in [3.05, 3.63) is 0 Å². The van der Waals surface area contributed by atoms with Crippen LogP contribution in [0.25, 0.3) is 0 Å². The minimum absolute atomic E-state index is 0.00292. The lowest BCUT2D eigenvalue weighted by molar-refractivity contribution is -0.145. The van der Waals surface area contributed by atoms with E-state index in [1.807, 2.05) is 0 Å². The van der Waals surface area contributed by atoms with E-state index in [2.05, 4.69) is 30.8 Å². The lowest BCUT2D eigenvalue weighted by atomic mass is 9.69. The van der Waals surface area contributed by atoms with Gasteiger partial charge in [-0.05, 0) is 37.5 Å². The van der Waals surface area contributed by atoms with E-state index in [9.17, 15) is 9.59 Å². The third-order valence-corrected chi connectivity index (χ3v) is 4.27. The summed E-state index contributed by atoms with van der Waals surface area (Å²) in [6.45, 7) is 8.20. The van der Waals surface area contributed by atoms with Gasteiger partial charge in [0, 0.05) is 5.92 Å². The first-order chi connectivity index (χ1) is 8.86. The average molecular weight is 269 g/mol. The fourth-order valence-corrected chi connectivity index (χ4v) is 3.06. The van der Waals surface area contributed by atoms with E-state index in [1.54, 1.807) is 6.92 Å². The van der Waals surface area contributed by atoms with Crippen molar-refractivity contribution in [3.8, 4) is 0 Å². The summed E-state index contributed by atoms with van der Waals surface area (Å²) in [6, 6.07) is -0.567. The molecule has 1 rings (SSSR count). The lowest BCUT2D eigenvalue weighted by Gasteiger charge is -2.36. The Hall–Kier alpha value is -1.06. The minimum Gasteiger partial charge on any atom is -0.467 e. The predicted octanol–water partition coefficient (Wildman–Crippen LogP) is 2.37. The van der Waals surface area contributed by atoms with Crippen LogP contribution in [0.15, 0.2) is 0 Å². The standard InChI is InChI=1S/C15H27NO3/c1-9(2)12-7-6-10(3)8-13(12)14(17)16-11(4)15(18)19-5/h9-13H,6-8H2,1-5H3,(H,16,17)/t10-,11?,12+,13-/m1/s1. The molecule has 0 aliphatic heterocycles. The van der Waals surface area contributed by atoms with Gasteiger partial charge < -0.3 is 10.1 Å². The van der Waals surface area contributed by atoms with Crippen molar-refractivity contribution < 1.29 is 14.3 Å². The lowest BCUT2D eigenvalue weighted by Crippen LogP contribution is -2.46. The zero-order chi connectivity index (χ0) is 14.6. The molecule has 4 heteroatoms. The summed E-state index contributed by atoms with van der Waals surface area (Å²) in [5.74, 6) is 1.13. The normalized spacial score (nSPS) is 28.8. The first-order valence-electron chi connectivity index (χ1n) is 7.25. The monoisotopic (exact) mass is 269 g/mol. The summed E-state index contributed by atoms with van der Waals surface area (Å²) >= 11 is 0. The molecule has 1 saturated carbocycles. The molecule has 110 valence electrons. The van der Waals surface area contributed by atoms with Gasteiger partial charge in [-0.2, -0.15) is 0 Å². The highest BCUT2D eigenvalue weighted by atomic mass is 16.5. The van der Waals surface area contributed by atoms with E-state index >= 15 is 0 Å². The largest absolute Gasteiger partial charge is 0.467 e. The Morgan fingerprint density at radius 3 is 2.37 bits per heavy atom. The van der Waals surface area contributed by atoms with Gasteiger partial charge in [-0.25, -0.2) is 4.79 Å². The Bertz CT molecular complexity index is 327. The number of ether oxygens (including phenoxy) is 1. The third kappa shape index (κ3) is 4.22. The second kappa shape index (κ2) is 6.92. The van der Waals surface area contributed by atoms with E-state index in [0.717, 1.165) is 12.8 Å². The summed E-state index contributed by atoms with van der Waals surface area (Å²) in [5, 5.41) is 2.79. The van der Waals surface area contributed by atoms with Crippen LogP contribution in [-0.2, 0) is 14.3 Å². The van der Waals surface area contributed by atoms with Gasteiger partial charge >= 0.3 is 5.97 Å². The summed E-state index contributed by atoms with van der Waals surface area (Å²) in [6.07, 6.45) is 3.21. The van der Waals surface area contributed by atoms with Crippen LogP contribution in [0.5, 0.6) is 0 Å². The van der Waals surface area contributed by atoms with Crippen LogP contribution in [-0.4, -0.2) is 25.0 Å². The maximum Gasteiger partial charge on any atom is 0.328 e. The average Bonchev–Trinajstić information content (AvgIpc) is 2.36. The molecule has 1 unspecified atom stereocenters. The molecule has 1 aliphatic rings. The van der Waals surface area contributed by atoms with Crippen LogP contribution in [0.3, 0.4) is 0 Å². The van der Waals surface area contributed by atoms with Gasteiger partial charge in [-0.15, -0.1) is 0 Å². The molecule has 1 fully saturated rings. The zero-order valence-electron chi connectivity index (χ0n) is 12.7. The third-order valence-electron chi connectivity index (χ3n) is 4.27. The number of nitrogens with one attached hydrogen (secondary N) is 1. The smallest absolute Gasteiger partial charge is 0.328 e. The Kier molecular flexibility index (Phi) is 5.83. The number of methoxy groups -OCH3 is 1. The molecular weight excluding hydrogens is 242 g/mol. The first-order valence-corrected chi connectivity index (χ1v) is 7.25. The second-order valence-corrected chi connectivity index (χ2v) is 6.19. The van der Waals surface area contributed by atoms with E-state index < -0.39 is 12.0 Å². The number of hydrogen-bond donors (Lipinski definition) is 1. The molecular formula is C15H27NO3. The minimum atomic E-state index is -0.567. The molecule has 0 saturated heterocycles. The van der Waals surface area contributed by atoms with Gasteiger partial charge in [0.2, 0.25) is 5.91 Å². The van der Waals surface area contributed by atoms with Gasteiger partial charge in [-0.1, -0.05) is 27.2 Å². The molecule has 0 aromatic carbocycles. The molecule has 1 aliphatic carbocycles. The topological polar surface area (TPSA) is 55.4 Å². The molecule has 4 nitrogen and oxygen atoms in total. The fraction of sp³-hybridized carbons (Fsp3) is 0.867. The van der Waals surface area contributed by atoms with Crippen molar-refractivity contribution in [2.45, 2.75) is 53.0 Å². The molecule has 0 bridgehead atoms. The summed E-state index contributed by atoms with van der Waals surface area (Å²) in [5.41, 5.74) is 0. The predicted molar refractivity (Wildman–Crippen MR) is 74.5 cm³/mol. The molecule has 1 amide bonds. The van der Waals surface area contributed by atoms with Crippen molar-refractivity contribution in [2.24, 2.45) is 23.7 Å². The Balaban J connectivity index is 2.68. The maximum absolute atomic E-state index is 12.4. The van der Waals surface area contributed by atoms with Gasteiger partial charge in [0.05, 0.1) is 7.11 Å². The van der Waals surface area contributed by atoms with Crippen molar-refractivity contribution >= 4 is 11.9 Å². The first kappa shape index (κ1) is 16.0. The van der Waals surface area contributed by atoms with Crippen molar-refractivity contribution in [1.82, 2.24) is 5.32 Å². The Morgan fingerprint density at radius 2 is 1.84 bits per heavy atom. The zero-order valence-corrected chi connectivity index (χ0v) is 12.7. The molecule has 4 atom stereocenters. The highest BCUT2D eigenvalue weighted by molar-refractivity contribution is 5.85.